The lowest BCUT2D eigenvalue weighted by Gasteiger charge is -2.35. The minimum atomic E-state index is -0.184. The number of anilines is 1. The average Bonchev–Trinajstić information content (AvgIpc) is 3.87. The maximum absolute atomic E-state index is 13.8. The highest BCUT2D eigenvalue weighted by Crippen LogP contribution is 2.31. The summed E-state index contributed by atoms with van der Waals surface area (Å²) < 4.78 is 0. The molecule has 1 aromatic heterocycles. The Morgan fingerprint density at radius 3 is 2.62 bits per heavy atom. The second kappa shape index (κ2) is 12.4. The average molecular weight is 565 g/mol. The quantitative estimate of drug-likeness (QED) is 0.509. The van der Waals surface area contributed by atoms with Crippen molar-refractivity contribution in [2.75, 3.05) is 45.1 Å². The van der Waals surface area contributed by atoms with Gasteiger partial charge in [0.2, 0.25) is 5.91 Å². The Bertz CT molecular complexity index is 1490. The number of likely N-dealkylation sites (N-methyl/N-ethyl adjacent to an activating group) is 1. The first-order valence-electron chi connectivity index (χ1n) is 15.3. The number of allylic oxidation sites excluding steroid dienone is 4. The Morgan fingerprint density at radius 1 is 1.00 bits per heavy atom. The fourth-order valence-corrected chi connectivity index (χ4v) is 5.87. The number of aliphatic imine (C=N–C) groups is 1. The van der Waals surface area contributed by atoms with Crippen LogP contribution in [0.1, 0.15) is 50.2 Å². The second-order valence-electron chi connectivity index (χ2n) is 11.7. The van der Waals surface area contributed by atoms with Crippen LogP contribution < -0.4 is 10.6 Å². The molecule has 0 spiro atoms. The SMILES string of the molecule is CCC1=C(N2CCN(C)CC2)C=CC(NC(=O)C2=NCCCc3ccc(-c4cncc(NC(=O)C5CC5)c4)cc32)=CC1. The van der Waals surface area contributed by atoms with Crippen molar-refractivity contribution >= 4 is 23.2 Å². The minimum absolute atomic E-state index is 0.0562. The van der Waals surface area contributed by atoms with E-state index in [0.29, 0.717) is 17.9 Å². The minimum Gasteiger partial charge on any atom is -0.369 e. The molecule has 0 unspecified atom stereocenters. The topological polar surface area (TPSA) is 89.9 Å². The zero-order valence-corrected chi connectivity index (χ0v) is 24.7. The fourth-order valence-electron chi connectivity index (χ4n) is 5.87. The highest BCUT2D eigenvalue weighted by Gasteiger charge is 2.29. The third-order valence-corrected chi connectivity index (χ3v) is 8.62. The third kappa shape index (κ3) is 6.39. The smallest absolute Gasteiger partial charge is 0.274 e. The Labute approximate surface area is 248 Å². The Kier molecular flexibility index (Phi) is 8.33. The van der Waals surface area contributed by atoms with E-state index in [2.05, 4.69) is 63.7 Å². The number of hydrogen-bond acceptors (Lipinski definition) is 6. The van der Waals surface area contributed by atoms with Crippen molar-refractivity contribution in [1.29, 1.82) is 0 Å². The number of benzene rings is 1. The molecule has 6 rings (SSSR count). The molecule has 4 aliphatic rings. The molecule has 1 aromatic carbocycles. The monoisotopic (exact) mass is 564 g/mol. The number of piperazine rings is 1. The predicted octanol–water partition coefficient (Wildman–Crippen LogP) is 4.70. The van der Waals surface area contributed by atoms with Gasteiger partial charge in [-0.05, 0) is 86.6 Å². The summed E-state index contributed by atoms with van der Waals surface area (Å²) in [5.41, 5.74) is 8.46. The number of aromatic nitrogens is 1. The lowest BCUT2D eigenvalue weighted by molar-refractivity contribution is -0.117. The van der Waals surface area contributed by atoms with Gasteiger partial charge in [-0.25, -0.2) is 0 Å². The van der Waals surface area contributed by atoms with Gasteiger partial charge in [0.05, 0.1) is 11.9 Å². The number of carbonyl (C=O) groups is 2. The molecule has 218 valence electrons. The van der Waals surface area contributed by atoms with E-state index >= 15 is 0 Å². The second-order valence-corrected chi connectivity index (χ2v) is 11.7. The molecule has 3 heterocycles. The number of amides is 2. The first-order chi connectivity index (χ1) is 20.5. The highest BCUT2D eigenvalue weighted by molar-refractivity contribution is 6.46. The van der Waals surface area contributed by atoms with Crippen molar-refractivity contribution in [3.8, 4) is 11.1 Å². The highest BCUT2D eigenvalue weighted by atomic mass is 16.2. The van der Waals surface area contributed by atoms with E-state index in [9.17, 15) is 9.59 Å². The van der Waals surface area contributed by atoms with E-state index in [1.54, 1.807) is 12.4 Å². The summed E-state index contributed by atoms with van der Waals surface area (Å²) in [5.74, 6) is -0.00353. The molecule has 2 aromatic rings. The summed E-state index contributed by atoms with van der Waals surface area (Å²) in [6, 6.07) is 8.15. The molecule has 8 nitrogen and oxygen atoms in total. The molecule has 0 radical (unpaired) electrons. The van der Waals surface area contributed by atoms with E-state index < -0.39 is 0 Å². The van der Waals surface area contributed by atoms with Crippen molar-refractivity contribution < 1.29 is 9.59 Å². The molecule has 1 saturated carbocycles. The zero-order valence-electron chi connectivity index (χ0n) is 24.7. The van der Waals surface area contributed by atoms with Crippen LogP contribution in [0.5, 0.6) is 0 Å². The summed E-state index contributed by atoms with van der Waals surface area (Å²) in [5, 5.41) is 6.16. The van der Waals surface area contributed by atoms with Gasteiger partial charge in [0.15, 0.2) is 0 Å². The van der Waals surface area contributed by atoms with Gasteiger partial charge in [-0.1, -0.05) is 25.1 Å². The number of carbonyl (C=O) groups excluding carboxylic acids is 2. The van der Waals surface area contributed by atoms with Crippen LogP contribution >= 0.6 is 0 Å². The summed E-state index contributed by atoms with van der Waals surface area (Å²) in [4.78, 5) is 40.0. The van der Waals surface area contributed by atoms with E-state index in [1.807, 2.05) is 18.2 Å². The van der Waals surface area contributed by atoms with Gasteiger partial charge in [-0.3, -0.25) is 19.6 Å². The number of pyridine rings is 1. The standard InChI is InChI=1S/C34H40N6O2/c1-3-23-10-11-28(12-13-31(23)40-17-15-39(2)16-18-40)37-34(42)32-30-20-26(9-6-24(30)5-4-14-36-32)27-19-29(22-35-21-27)38-33(41)25-7-8-25/h6,9,11-13,19-22,25H,3-5,7-8,10,14-18H2,1-2H3,(H,37,42)(H,38,41). The van der Waals surface area contributed by atoms with Crippen molar-refractivity contribution in [1.82, 2.24) is 20.1 Å². The summed E-state index contributed by atoms with van der Waals surface area (Å²) in [6.07, 6.45) is 15.3. The van der Waals surface area contributed by atoms with Crippen LogP contribution in [0.2, 0.25) is 0 Å². The predicted molar refractivity (Wildman–Crippen MR) is 167 cm³/mol. The first-order valence-corrected chi connectivity index (χ1v) is 15.3. The van der Waals surface area contributed by atoms with Gasteiger partial charge >= 0.3 is 0 Å². The molecule has 42 heavy (non-hydrogen) atoms. The summed E-state index contributed by atoms with van der Waals surface area (Å²) in [6.45, 7) is 6.97. The van der Waals surface area contributed by atoms with Crippen LogP contribution in [0.3, 0.4) is 0 Å². The molecule has 0 bridgehead atoms. The Morgan fingerprint density at radius 2 is 1.83 bits per heavy atom. The zero-order chi connectivity index (χ0) is 29.1. The fraction of sp³-hybridized carbons (Fsp3) is 0.412. The molecule has 2 aliphatic carbocycles. The molecule has 2 aliphatic heterocycles. The molecule has 1 saturated heterocycles. The normalized spacial score (nSPS) is 19.3. The number of hydrogen-bond donors (Lipinski definition) is 2. The maximum Gasteiger partial charge on any atom is 0.274 e. The van der Waals surface area contributed by atoms with Crippen LogP contribution in [0.25, 0.3) is 11.1 Å². The first kappa shape index (κ1) is 28.1. The van der Waals surface area contributed by atoms with Gasteiger partial charge < -0.3 is 20.4 Å². The number of fused-ring (bicyclic) bond motifs is 1. The number of aryl methyl sites for hydroxylation is 1. The Hall–Kier alpha value is -4.04. The van der Waals surface area contributed by atoms with Crippen molar-refractivity contribution in [2.45, 2.75) is 45.4 Å². The molecule has 8 heteroatoms. The van der Waals surface area contributed by atoms with Crippen LogP contribution in [-0.2, 0) is 16.0 Å². The molecule has 2 N–H and O–H groups in total. The van der Waals surface area contributed by atoms with Crippen LogP contribution in [-0.4, -0.2) is 72.1 Å². The van der Waals surface area contributed by atoms with E-state index in [4.69, 9.17) is 4.99 Å². The van der Waals surface area contributed by atoms with E-state index in [1.165, 1.54) is 11.3 Å². The van der Waals surface area contributed by atoms with Crippen molar-refractivity contribution in [2.24, 2.45) is 10.9 Å². The van der Waals surface area contributed by atoms with Crippen molar-refractivity contribution in [3.05, 3.63) is 83.0 Å². The molecular weight excluding hydrogens is 524 g/mol. The van der Waals surface area contributed by atoms with Gasteiger partial charge in [-0.15, -0.1) is 0 Å². The van der Waals surface area contributed by atoms with E-state index in [-0.39, 0.29) is 17.7 Å². The third-order valence-electron chi connectivity index (χ3n) is 8.62. The molecule has 0 atom stereocenters. The number of nitrogens with zero attached hydrogens (tertiary/aromatic N) is 4. The van der Waals surface area contributed by atoms with Crippen LogP contribution in [0.15, 0.2) is 76.8 Å². The molecule has 2 amide bonds. The number of rotatable bonds is 7. The lowest BCUT2D eigenvalue weighted by atomic mass is 9.95. The molecular formula is C34H40N6O2. The van der Waals surface area contributed by atoms with Crippen LogP contribution in [0, 0.1) is 5.92 Å². The summed E-state index contributed by atoms with van der Waals surface area (Å²) in [7, 11) is 2.17. The van der Waals surface area contributed by atoms with E-state index in [0.717, 1.165) is 92.7 Å². The largest absolute Gasteiger partial charge is 0.369 e. The van der Waals surface area contributed by atoms with Crippen molar-refractivity contribution in [3.63, 3.8) is 0 Å². The maximum atomic E-state index is 13.8. The van der Waals surface area contributed by atoms with Crippen LogP contribution in [0.4, 0.5) is 5.69 Å². The van der Waals surface area contributed by atoms with Gasteiger partial charge in [0.1, 0.15) is 5.71 Å². The van der Waals surface area contributed by atoms with Gasteiger partial charge in [0.25, 0.3) is 5.91 Å². The summed E-state index contributed by atoms with van der Waals surface area (Å²) >= 11 is 0. The number of nitrogens with one attached hydrogen (secondary N) is 2. The lowest BCUT2D eigenvalue weighted by Crippen LogP contribution is -2.43. The van der Waals surface area contributed by atoms with Gasteiger partial charge in [-0.2, -0.15) is 0 Å². The van der Waals surface area contributed by atoms with Gasteiger partial charge in [0, 0.05) is 67.4 Å². The Balaban J connectivity index is 1.21. The molecule has 2 fully saturated rings.